The van der Waals surface area contributed by atoms with Gasteiger partial charge in [-0.05, 0) is 68.0 Å². The molecule has 2 aromatic rings. The normalized spacial score (nSPS) is 20.0. The number of aliphatic hydroxyl groups excluding tert-OH is 1. The monoisotopic (exact) mass is 300 g/mol. The number of hydrogen-bond donors (Lipinski definition) is 1. The van der Waals surface area contributed by atoms with E-state index in [2.05, 4.69) is 26.0 Å². The van der Waals surface area contributed by atoms with Crippen molar-refractivity contribution in [1.82, 2.24) is 0 Å². The Kier molecular flexibility index (Phi) is 2.92. The molecule has 0 radical (unpaired) electrons. The summed E-state index contributed by atoms with van der Waals surface area (Å²) >= 11 is 1.78. The Bertz CT molecular complexity index is 678. The van der Waals surface area contributed by atoms with Crippen molar-refractivity contribution >= 4 is 11.3 Å². The quantitative estimate of drug-likeness (QED) is 0.907. The van der Waals surface area contributed by atoms with Crippen molar-refractivity contribution in [2.24, 2.45) is 0 Å². The second-order valence-electron chi connectivity index (χ2n) is 6.76. The number of thiophene rings is 1. The zero-order valence-corrected chi connectivity index (χ0v) is 13.3. The predicted molar refractivity (Wildman–Crippen MR) is 85.3 cm³/mol. The third-order valence-corrected chi connectivity index (χ3v) is 5.73. The largest absolute Gasteiger partial charge is 0.487 e. The molecule has 0 spiro atoms. The average molecular weight is 300 g/mol. The fourth-order valence-electron chi connectivity index (χ4n) is 3.45. The molecule has 3 heteroatoms. The Labute approximate surface area is 129 Å². The van der Waals surface area contributed by atoms with Crippen LogP contribution in [0.5, 0.6) is 5.75 Å². The van der Waals surface area contributed by atoms with Gasteiger partial charge in [-0.2, -0.15) is 0 Å². The van der Waals surface area contributed by atoms with Gasteiger partial charge in [0.15, 0.2) is 0 Å². The first-order valence-corrected chi connectivity index (χ1v) is 8.45. The van der Waals surface area contributed by atoms with Crippen LogP contribution in [-0.4, -0.2) is 10.7 Å². The summed E-state index contributed by atoms with van der Waals surface area (Å²) in [5, 5.41) is 10.7. The highest BCUT2D eigenvalue weighted by molar-refractivity contribution is 7.12. The summed E-state index contributed by atoms with van der Waals surface area (Å²) in [6.45, 7) is 4.21. The zero-order chi connectivity index (χ0) is 14.6. The van der Waals surface area contributed by atoms with Gasteiger partial charge < -0.3 is 9.84 Å². The van der Waals surface area contributed by atoms with Gasteiger partial charge in [0.05, 0.1) is 0 Å². The number of aliphatic hydroxyl groups is 1. The smallest absolute Gasteiger partial charge is 0.123 e. The summed E-state index contributed by atoms with van der Waals surface area (Å²) in [4.78, 5) is 2.55. The molecule has 1 aromatic heterocycles. The van der Waals surface area contributed by atoms with Crippen molar-refractivity contribution in [3.8, 4) is 5.75 Å². The lowest BCUT2D eigenvalue weighted by Crippen LogP contribution is -2.24. The molecule has 1 unspecified atom stereocenters. The highest BCUT2D eigenvalue weighted by atomic mass is 32.1. The van der Waals surface area contributed by atoms with Crippen molar-refractivity contribution in [1.29, 1.82) is 0 Å². The van der Waals surface area contributed by atoms with E-state index in [-0.39, 0.29) is 5.60 Å². The van der Waals surface area contributed by atoms with Crippen LogP contribution in [0.2, 0.25) is 0 Å². The molecule has 0 saturated carbocycles. The van der Waals surface area contributed by atoms with E-state index in [4.69, 9.17) is 4.74 Å². The molecule has 1 aliphatic heterocycles. The van der Waals surface area contributed by atoms with Crippen LogP contribution in [0.3, 0.4) is 0 Å². The van der Waals surface area contributed by atoms with Crippen LogP contribution in [0, 0.1) is 0 Å². The maximum Gasteiger partial charge on any atom is 0.123 e. The minimum Gasteiger partial charge on any atom is -0.487 e. The van der Waals surface area contributed by atoms with Gasteiger partial charge in [0.2, 0.25) is 0 Å². The second kappa shape index (κ2) is 4.59. The molecule has 1 N–H and O–H groups in total. The topological polar surface area (TPSA) is 29.5 Å². The minimum absolute atomic E-state index is 0.129. The van der Waals surface area contributed by atoms with Gasteiger partial charge in [-0.25, -0.2) is 0 Å². The molecular formula is C18H20O2S. The third-order valence-electron chi connectivity index (χ3n) is 4.44. The van der Waals surface area contributed by atoms with Crippen molar-refractivity contribution in [2.45, 2.75) is 51.2 Å². The summed E-state index contributed by atoms with van der Waals surface area (Å²) in [5.74, 6) is 0.963. The Morgan fingerprint density at radius 3 is 2.86 bits per heavy atom. The fraction of sp³-hybridized carbons (Fsp3) is 0.444. The molecule has 2 nitrogen and oxygen atoms in total. The van der Waals surface area contributed by atoms with E-state index in [1.807, 2.05) is 12.1 Å². The van der Waals surface area contributed by atoms with E-state index < -0.39 is 6.10 Å². The van der Waals surface area contributed by atoms with Crippen LogP contribution in [0.1, 0.15) is 52.8 Å². The number of rotatable bonds is 2. The van der Waals surface area contributed by atoms with Gasteiger partial charge in [0, 0.05) is 16.2 Å². The highest BCUT2D eigenvalue weighted by Crippen LogP contribution is 2.39. The van der Waals surface area contributed by atoms with Gasteiger partial charge in [0.1, 0.15) is 17.5 Å². The van der Waals surface area contributed by atoms with E-state index >= 15 is 0 Å². The molecule has 2 heterocycles. The lowest BCUT2D eigenvalue weighted by atomic mass is 9.98. The van der Waals surface area contributed by atoms with Crippen molar-refractivity contribution in [2.75, 3.05) is 0 Å². The Morgan fingerprint density at radius 1 is 1.19 bits per heavy atom. The zero-order valence-electron chi connectivity index (χ0n) is 12.5. The first kappa shape index (κ1) is 13.4. The van der Waals surface area contributed by atoms with E-state index in [1.54, 1.807) is 11.3 Å². The predicted octanol–water partition coefficient (Wildman–Crippen LogP) is 4.03. The minimum atomic E-state index is -0.505. The molecule has 0 amide bonds. The van der Waals surface area contributed by atoms with E-state index in [0.29, 0.717) is 0 Å². The lowest BCUT2D eigenvalue weighted by molar-refractivity contribution is 0.138. The van der Waals surface area contributed by atoms with E-state index in [0.717, 1.165) is 22.6 Å². The van der Waals surface area contributed by atoms with Gasteiger partial charge in [0.25, 0.3) is 0 Å². The van der Waals surface area contributed by atoms with Crippen molar-refractivity contribution in [3.63, 3.8) is 0 Å². The molecule has 21 heavy (non-hydrogen) atoms. The molecule has 1 aliphatic carbocycles. The number of fused-ring (bicyclic) bond motifs is 2. The SMILES string of the molecule is CC1(C)Cc2cc(C(O)c3cc4c(s3)CCC4)ccc2O1. The van der Waals surface area contributed by atoms with E-state index in [1.165, 1.54) is 35.3 Å². The summed E-state index contributed by atoms with van der Waals surface area (Å²) in [5.41, 5.74) is 3.51. The Morgan fingerprint density at radius 2 is 2.05 bits per heavy atom. The molecule has 1 aromatic carbocycles. The van der Waals surface area contributed by atoms with Gasteiger partial charge in [-0.1, -0.05) is 6.07 Å². The molecule has 0 bridgehead atoms. The van der Waals surface area contributed by atoms with Crippen molar-refractivity contribution in [3.05, 3.63) is 50.7 Å². The van der Waals surface area contributed by atoms with E-state index in [9.17, 15) is 5.11 Å². The number of benzene rings is 1. The molecule has 110 valence electrons. The molecule has 2 aliphatic rings. The standard InChI is InChI=1S/C18H20O2S/c1-18(2)10-13-8-12(6-7-14(13)20-18)17(19)16-9-11-4-3-5-15(11)21-16/h6-9,17,19H,3-5,10H2,1-2H3. The number of aryl methyl sites for hydroxylation is 2. The number of hydrogen-bond acceptors (Lipinski definition) is 3. The molecule has 4 rings (SSSR count). The van der Waals surface area contributed by atoms with Crippen LogP contribution in [0.4, 0.5) is 0 Å². The number of ether oxygens (including phenoxy) is 1. The first-order chi connectivity index (χ1) is 10.0. The van der Waals surface area contributed by atoms with Crippen molar-refractivity contribution < 1.29 is 9.84 Å². The van der Waals surface area contributed by atoms with Gasteiger partial charge >= 0.3 is 0 Å². The maximum absolute atomic E-state index is 10.7. The van der Waals surface area contributed by atoms with Crippen LogP contribution >= 0.6 is 11.3 Å². The van der Waals surface area contributed by atoms with Gasteiger partial charge in [-0.15, -0.1) is 11.3 Å². The van der Waals surface area contributed by atoms with Crippen LogP contribution in [0.15, 0.2) is 24.3 Å². The summed E-state index contributed by atoms with van der Waals surface area (Å²) in [7, 11) is 0. The average Bonchev–Trinajstić information content (AvgIpc) is 3.06. The van der Waals surface area contributed by atoms with Crippen LogP contribution in [-0.2, 0) is 19.3 Å². The fourth-order valence-corrected chi connectivity index (χ4v) is 4.72. The molecule has 0 fully saturated rings. The third kappa shape index (κ3) is 2.29. The maximum atomic E-state index is 10.7. The van der Waals surface area contributed by atoms with Gasteiger partial charge in [-0.3, -0.25) is 0 Å². The lowest BCUT2D eigenvalue weighted by Gasteiger charge is -2.16. The van der Waals surface area contributed by atoms with Crippen LogP contribution < -0.4 is 4.74 Å². The highest BCUT2D eigenvalue weighted by Gasteiger charge is 2.30. The summed E-state index contributed by atoms with van der Waals surface area (Å²) in [6, 6.07) is 8.31. The Balaban J connectivity index is 1.64. The summed E-state index contributed by atoms with van der Waals surface area (Å²) in [6.07, 6.45) is 4.02. The summed E-state index contributed by atoms with van der Waals surface area (Å²) < 4.78 is 5.91. The molecule has 0 saturated heterocycles. The first-order valence-electron chi connectivity index (χ1n) is 7.63. The molecular weight excluding hydrogens is 280 g/mol. The second-order valence-corrected chi connectivity index (χ2v) is 7.93. The molecule has 1 atom stereocenters. The van der Waals surface area contributed by atoms with Crippen LogP contribution in [0.25, 0.3) is 0 Å². The Hall–Kier alpha value is -1.32.